The number of amides is 1. The van der Waals surface area contributed by atoms with Crippen LogP contribution >= 0.6 is 11.6 Å². The van der Waals surface area contributed by atoms with Gasteiger partial charge in [-0.3, -0.25) is 14.5 Å². The van der Waals surface area contributed by atoms with E-state index in [-0.39, 0.29) is 29.9 Å². The molecule has 8 heteroatoms. The minimum Gasteiger partial charge on any atom is -0.355 e. The van der Waals surface area contributed by atoms with Crippen molar-refractivity contribution < 1.29 is 13.6 Å². The average molecular weight is 404 g/mol. The second-order valence-corrected chi connectivity index (χ2v) is 7.09. The van der Waals surface area contributed by atoms with Crippen molar-refractivity contribution in [3.63, 3.8) is 0 Å². The summed E-state index contributed by atoms with van der Waals surface area (Å²) in [6, 6.07) is 8.83. The van der Waals surface area contributed by atoms with E-state index in [1.165, 1.54) is 0 Å². The van der Waals surface area contributed by atoms with Crippen LogP contribution in [0.3, 0.4) is 0 Å². The Labute approximate surface area is 163 Å². The minimum absolute atomic E-state index is 0.0494. The SMILES string of the molecule is O=C(CN1CCc2[nH]c3c(F)ccc(F)c3c(=O)c2C1)Nc1ccccc1Cl. The largest absolute Gasteiger partial charge is 0.355 e. The molecule has 4 rings (SSSR count). The molecule has 1 amide bonds. The van der Waals surface area contributed by atoms with E-state index in [1.807, 2.05) is 0 Å². The highest BCUT2D eigenvalue weighted by molar-refractivity contribution is 6.33. The number of aromatic nitrogens is 1. The molecule has 0 unspecified atom stereocenters. The number of H-pyrrole nitrogens is 1. The molecular weight excluding hydrogens is 388 g/mol. The smallest absolute Gasteiger partial charge is 0.238 e. The number of rotatable bonds is 3. The molecule has 3 aromatic rings. The van der Waals surface area contributed by atoms with Gasteiger partial charge in [0.05, 0.1) is 28.2 Å². The number of fused-ring (bicyclic) bond motifs is 2. The summed E-state index contributed by atoms with van der Waals surface area (Å²) in [7, 11) is 0. The van der Waals surface area contributed by atoms with Gasteiger partial charge in [-0.2, -0.15) is 0 Å². The summed E-state index contributed by atoms with van der Waals surface area (Å²) in [6.45, 7) is 0.724. The Balaban J connectivity index is 1.57. The number of carbonyl (C=O) groups is 1. The number of pyridine rings is 1. The maximum absolute atomic E-state index is 14.1. The average Bonchev–Trinajstić information content (AvgIpc) is 2.67. The van der Waals surface area contributed by atoms with Gasteiger partial charge in [0, 0.05) is 30.8 Å². The van der Waals surface area contributed by atoms with E-state index in [2.05, 4.69) is 10.3 Å². The maximum atomic E-state index is 14.1. The topological polar surface area (TPSA) is 65.2 Å². The van der Waals surface area contributed by atoms with Crippen LogP contribution in [-0.4, -0.2) is 28.9 Å². The van der Waals surface area contributed by atoms with Crippen LogP contribution < -0.4 is 10.7 Å². The number of aromatic amines is 1. The van der Waals surface area contributed by atoms with Gasteiger partial charge in [-0.05, 0) is 24.3 Å². The fourth-order valence-corrected chi connectivity index (χ4v) is 3.64. The van der Waals surface area contributed by atoms with Crippen molar-refractivity contribution in [2.45, 2.75) is 13.0 Å². The van der Waals surface area contributed by atoms with E-state index in [0.29, 0.717) is 34.9 Å². The highest BCUT2D eigenvalue weighted by Crippen LogP contribution is 2.23. The lowest BCUT2D eigenvalue weighted by atomic mass is 10.0. The van der Waals surface area contributed by atoms with Crippen LogP contribution in [0.5, 0.6) is 0 Å². The fraction of sp³-hybridized carbons (Fsp3) is 0.200. The number of nitrogens with one attached hydrogen (secondary N) is 2. The number of para-hydroxylation sites is 1. The molecule has 0 radical (unpaired) electrons. The summed E-state index contributed by atoms with van der Waals surface area (Å²) in [6.07, 6.45) is 0.426. The molecule has 0 saturated heterocycles. The Morgan fingerprint density at radius 1 is 1.18 bits per heavy atom. The van der Waals surface area contributed by atoms with Gasteiger partial charge in [0.15, 0.2) is 5.43 Å². The standard InChI is InChI=1S/C20H16ClF2N3O2/c21-12-3-1-2-4-16(12)24-17(27)10-26-8-7-15-11(9-26)20(28)18-13(22)5-6-14(23)19(18)25-15/h1-6H,7-10H2,(H,24,27)(H,25,28). The Morgan fingerprint density at radius 2 is 1.93 bits per heavy atom. The van der Waals surface area contributed by atoms with Crippen LogP contribution in [0, 0.1) is 11.6 Å². The van der Waals surface area contributed by atoms with Crippen molar-refractivity contribution >= 4 is 34.1 Å². The van der Waals surface area contributed by atoms with Crippen molar-refractivity contribution in [3.8, 4) is 0 Å². The lowest BCUT2D eigenvalue weighted by Gasteiger charge is -2.28. The first kappa shape index (κ1) is 18.6. The predicted octanol–water partition coefficient (Wildman–Crippen LogP) is 3.46. The van der Waals surface area contributed by atoms with Crippen LogP contribution in [0.15, 0.2) is 41.2 Å². The third-order valence-electron chi connectivity index (χ3n) is 4.82. The lowest BCUT2D eigenvalue weighted by molar-refractivity contribution is -0.117. The molecule has 0 spiro atoms. The van der Waals surface area contributed by atoms with Gasteiger partial charge in [0.25, 0.3) is 0 Å². The van der Waals surface area contributed by atoms with Crippen molar-refractivity contribution in [1.82, 2.24) is 9.88 Å². The van der Waals surface area contributed by atoms with E-state index < -0.39 is 17.1 Å². The first-order valence-corrected chi connectivity index (χ1v) is 9.10. The van der Waals surface area contributed by atoms with E-state index in [9.17, 15) is 18.4 Å². The first-order valence-electron chi connectivity index (χ1n) is 8.72. The third kappa shape index (κ3) is 3.39. The molecule has 2 aromatic carbocycles. The predicted molar refractivity (Wildman–Crippen MR) is 104 cm³/mol. The van der Waals surface area contributed by atoms with Crippen LogP contribution in [0.4, 0.5) is 14.5 Å². The molecule has 1 aromatic heterocycles. The number of hydrogen-bond donors (Lipinski definition) is 2. The van der Waals surface area contributed by atoms with Gasteiger partial charge in [-0.15, -0.1) is 0 Å². The second-order valence-electron chi connectivity index (χ2n) is 6.68. The Hall–Kier alpha value is -2.77. The number of hydrogen-bond acceptors (Lipinski definition) is 3. The third-order valence-corrected chi connectivity index (χ3v) is 5.15. The van der Waals surface area contributed by atoms with Crippen LogP contribution in [0.25, 0.3) is 10.9 Å². The summed E-state index contributed by atoms with van der Waals surface area (Å²) in [5.74, 6) is -1.71. The molecule has 144 valence electrons. The Bertz CT molecular complexity index is 1150. The summed E-state index contributed by atoms with van der Waals surface area (Å²) < 4.78 is 28.1. The van der Waals surface area contributed by atoms with Crippen LogP contribution in [-0.2, 0) is 17.8 Å². The van der Waals surface area contributed by atoms with Crippen molar-refractivity contribution in [3.05, 3.63) is 74.5 Å². The zero-order chi connectivity index (χ0) is 19.8. The van der Waals surface area contributed by atoms with E-state index in [0.717, 1.165) is 12.1 Å². The van der Waals surface area contributed by atoms with Crippen molar-refractivity contribution in [2.24, 2.45) is 0 Å². The van der Waals surface area contributed by atoms with Gasteiger partial charge in [0.1, 0.15) is 11.6 Å². The molecule has 0 atom stereocenters. The molecule has 1 aliphatic rings. The molecule has 1 aliphatic heterocycles. The summed E-state index contributed by atoms with van der Waals surface area (Å²) in [5.41, 5.74) is 0.775. The minimum atomic E-state index is -0.769. The highest BCUT2D eigenvalue weighted by Gasteiger charge is 2.24. The molecule has 0 aliphatic carbocycles. The van der Waals surface area contributed by atoms with Gasteiger partial charge >= 0.3 is 0 Å². The zero-order valence-corrected chi connectivity index (χ0v) is 15.4. The number of carbonyl (C=O) groups excluding carboxylic acids is 1. The Morgan fingerprint density at radius 3 is 2.71 bits per heavy atom. The van der Waals surface area contributed by atoms with Gasteiger partial charge in [-0.1, -0.05) is 23.7 Å². The van der Waals surface area contributed by atoms with Gasteiger partial charge < -0.3 is 10.3 Å². The summed E-state index contributed by atoms with van der Waals surface area (Å²) in [5, 5.41) is 2.87. The molecule has 5 nitrogen and oxygen atoms in total. The van der Waals surface area contributed by atoms with Crippen LogP contribution in [0.1, 0.15) is 11.3 Å². The maximum Gasteiger partial charge on any atom is 0.238 e. The first-order chi connectivity index (χ1) is 13.4. The molecule has 2 heterocycles. The number of anilines is 1. The van der Waals surface area contributed by atoms with Gasteiger partial charge in [-0.25, -0.2) is 8.78 Å². The molecule has 28 heavy (non-hydrogen) atoms. The molecule has 0 bridgehead atoms. The van der Waals surface area contributed by atoms with Crippen LogP contribution in [0.2, 0.25) is 5.02 Å². The molecule has 0 fully saturated rings. The molecular formula is C20H16ClF2N3O2. The van der Waals surface area contributed by atoms with Gasteiger partial charge in [0.2, 0.25) is 5.91 Å². The monoisotopic (exact) mass is 403 g/mol. The molecule has 0 saturated carbocycles. The van der Waals surface area contributed by atoms with E-state index >= 15 is 0 Å². The second kappa shape index (κ2) is 7.33. The highest BCUT2D eigenvalue weighted by atomic mass is 35.5. The fourth-order valence-electron chi connectivity index (χ4n) is 3.45. The Kier molecular flexibility index (Phi) is 4.87. The zero-order valence-electron chi connectivity index (χ0n) is 14.7. The quantitative estimate of drug-likeness (QED) is 0.704. The number of nitrogens with zero attached hydrogens (tertiary/aromatic N) is 1. The number of halogens is 3. The van der Waals surface area contributed by atoms with Crippen molar-refractivity contribution in [1.29, 1.82) is 0 Å². The molecule has 2 N–H and O–H groups in total. The van der Waals surface area contributed by atoms with E-state index in [4.69, 9.17) is 11.6 Å². The van der Waals surface area contributed by atoms with Crippen molar-refractivity contribution in [2.75, 3.05) is 18.4 Å². The lowest BCUT2D eigenvalue weighted by Crippen LogP contribution is -2.39. The summed E-state index contributed by atoms with van der Waals surface area (Å²) in [4.78, 5) is 29.7. The normalized spacial score (nSPS) is 14.1. The van der Waals surface area contributed by atoms with E-state index in [1.54, 1.807) is 29.2 Å². The summed E-state index contributed by atoms with van der Waals surface area (Å²) >= 11 is 6.04. The number of benzene rings is 2.